The summed E-state index contributed by atoms with van der Waals surface area (Å²) in [6.45, 7) is 10.6. The van der Waals surface area contributed by atoms with Crippen LogP contribution in [-0.4, -0.2) is 37.1 Å². The van der Waals surface area contributed by atoms with E-state index in [4.69, 9.17) is 0 Å². The summed E-state index contributed by atoms with van der Waals surface area (Å²) in [6.07, 6.45) is 10.8. The summed E-state index contributed by atoms with van der Waals surface area (Å²) in [5.74, 6) is 1.70. The molecule has 2 nitrogen and oxygen atoms in total. The van der Waals surface area contributed by atoms with Gasteiger partial charge < -0.3 is 10.2 Å². The summed E-state index contributed by atoms with van der Waals surface area (Å²) in [4.78, 5) is 2.55. The molecule has 0 bridgehead atoms. The van der Waals surface area contributed by atoms with Gasteiger partial charge in [0.05, 0.1) is 0 Å². The average molecular weight is 297 g/mol. The fourth-order valence-electron chi connectivity index (χ4n) is 4.21. The van der Waals surface area contributed by atoms with Crippen molar-refractivity contribution >= 4 is 0 Å². The van der Waals surface area contributed by atoms with Crippen molar-refractivity contribution in [1.82, 2.24) is 10.2 Å². The molecule has 1 saturated carbocycles. The first-order valence-corrected chi connectivity index (χ1v) is 9.33. The molecule has 0 aromatic carbocycles. The molecule has 0 radical (unpaired) electrons. The zero-order chi connectivity index (χ0) is 15.9. The predicted octanol–water partition coefficient (Wildman–Crippen LogP) is 4.69. The molecule has 3 unspecified atom stereocenters. The van der Waals surface area contributed by atoms with Gasteiger partial charge in [-0.25, -0.2) is 0 Å². The molecule has 21 heavy (non-hydrogen) atoms. The highest BCUT2D eigenvalue weighted by atomic mass is 15.2. The average Bonchev–Trinajstić information content (AvgIpc) is 2.41. The molecule has 0 saturated heterocycles. The summed E-state index contributed by atoms with van der Waals surface area (Å²) in [5, 5.41) is 3.91. The van der Waals surface area contributed by atoms with Gasteiger partial charge in [0, 0.05) is 11.6 Å². The van der Waals surface area contributed by atoms with Crippen molar-refractivity contribution < 1.29 is 0 Å². The number of rotatable bonds is 9. The zero-order valence-corrected chi connectivity index (χ0v) is 15.5. The minimum absolute atomic E-state index is 0.379. The van der Waals surface area contributed by atoms with Crippen LogP contribution in [0.1, 0.15) is 79.1 Å². The summed E-state index contributed by atoms with van der Waals surface area (Å²) >= 11 is 0. The number of likely N-dealkylation sites (N-methyl/N-ethyl adjacent to an activating group) is 1. The molecular weight excluding hydrogens is 256 g/mol. The van der Waals surface area contributed by atoms with Crippen molar-refractivity contribution in [1.29, 1.82) is 0 Å². The third-order valence-electron chi connectivity index (χ3n) is 5.46. The Morgan fingerprint density at radius 2 is 1.95 bits per heavy atom. The van der Waals surface area contributed by atoms with E-state index in [2.05, 4.69) is 52.0 Å². The normalized spacial score (nSPS) is 28.3. The Hall–Kier alpha value is -0.0800. The Labute approximate surface area is 134 Å². The lowest BCUT2D eigenvalue weighted by molar-refractivity contribution is 0.0332. The standard InChI is InChI=1S/C19H40N2/c1-7-14-20-18(12-8-10-16(2)3)19(21(5)6)13-9-11-17(4)15-19/h16-18,20H,7-15H2,1-6H3. The van der Waals surface area contributed by atoms with Gasteiger partial charge in [0.1, 0.15) is 0 Å². The van der Waals surface area contributed by atoms with Crippen LogP contribution in [0.3, 0.4) is 0 Å². The first-order chi connectivity index (χ1) is 9.92. The first-order valence-electron chi connectivity index (χ1n) is 9.33. The molecule has 1 aliphatic rings. The Morgan fingerprint density at radius 3 is 2.48 bits per heavy atom. The van der Waals surface area contributed by atoms with Crippen LogP contribution < -0.4 is 5.32 Å². The van der Waals surface area contributed by atoms with Gasteiger partial charge in [0.2, 0.25) is 0 Å². The van der Waals surface area contributed by atoms with Crippen molar-refractivity contribution in [2.45, 2.75) is 90.6 Å². The van der Waals surface area contributed by atoms with Gasteiger partial charge in [0.25, 0.3) is 0 Å². The van der Waals surface area contributed by atoms with E-state index in [1.54, 1.807) is 0 Å². The van der Waals surface area contributed by atoms with E-state index in [0.29, 0.717) is 11.6 Å². The van der Waals surface area contributed by atoms with Crippen molar-refractivity contribution in [2.24, 2.45) is 11.8 Å². The lowest BCUT2D eigenvalue weighted by atomic mass is 9.70. The highest BCUT2D eigenvalue weighted by Crippen LogP contribution is 2.39. The van der Waals surface area contributed by atoms with Crippen molar-refractivity contribution in [2.75, 3.05) is 20.6 Å². The van der Waals surface area contributed by atoms with Gasteiger partial charge in [0.15, 0.2) is 0 Å². The van der Waals surface area contributed by atoms with Crippen LogP contribution in [0.15, 0.2) is 0 Å². The maximum absolute atomic E-state index is 3.91. The van der Waals surface area contributed by atoms with Crippen molar-refractivity contribution in [3.05, 3.63) is 0 Å². The second kappa shape index (κ2) is 9.15. The van der Waals surface area contributed by atoms with Crippen LogP contribution >= 0.6 is 0 Å². The third kappa shape index (κ3) is 5.56. The van der Waals surface area contributed by atoms with Crippen LogP contribution in [0.25, 0.3) is 0 Å². The smallest absolute Gasteiger partial charge is 0.0358 e. The number of hydrogen-bond acceptors (Lipinski definition) is 2. The minimum Gasteiger partial charge on any atom is -0.312 e. The molecule has 0 aromatic heterocycles. The van der Waals surface area contributed by atoms with E-state index in [-0.39, 0.29) is 0 Å². The number of hydrogen-bond donors (Lipinski definition) is 1. The van der Waals surface area contributed by atoms with E-state index >= 15 is 0 Å². The molecule has 0 spiro atoms. The summed E-state index contributed by atoms with van der Waals surface area (Å²) < 4.78 is 0. The molecule has 1 rings (SSSR count). The Kier molecular flexibility index (Phi) is 8.26. The van der Waals surface area contributed by atoms with Gasteiger partial charge in [-0.2, -0.15) is 0 Å². The lowest BCUT2D eigenvalue weighted by Gasteiger charge is -2.51. The highest BCUT2D eigenvalue weighted by molar-refractivity contribution is 5.01. The largest absolute Gasteiger partial charge is 0.312 e. The monoisotopic (exact) mass is 296 g/mol. The fraction of sp³-hybridized carbons (Fsp3) is 1.00. The summed E-state index contributed by atoms with van der Waals surface area (Å²) in [7, 11) is 4.61. The minimum atomic E-state index is 0.379. The highest BCUT2D eigenvalue weighted by Gasteiger charge is 2.42. The quantitative estimate of drug-likeness (QED) is 0.664. The lowest BCUT2D eigenvalue weighted by Crippen LogP contribution is -2.61. The molecule has 1 N–H and O–H groups in total. The van der Waals surface area contributed by atoms with E-state index in [1.165, 1.54) is 51.4 Å². The summed E-state index contributed by atoms with van der Waals surface area (Å²) in [5.41, 5.74) is 0.379. The van der Waals surface area contributed by atoms with Gasteiger partial charge >= 0.3 is 0 Å². The van der Waals surface area contributed by atoms with E-state index < -0.39 is 0 Å². The number of nitrogens with one attached hydrogen (secondary N) is 1. The molecule has 2 heteroatoms. The second-order valence-electron chi connectivity index (χ2n) is 8.03. The zero-order valence-electron chi connectivity index (χ0n) is 15.5. The van der Waals surface area contributed by atoms with E-state index in [0.717, 1.165) is 18.4 Å². The molecule has 126 valence electrons. The first kappa shape index (κ1) is 19.0. The number of nitrogens with zero attached hydrogens (tertiary/aromatic N) is 1. The SMILES string of the molecule is CCCNC(CCCC(C)C)C1(N(C)C)CCCC(C)C1. The van der Waals surface area contributed by atoms with Crippen LogP contribution in [0.5, 0.6) is 0 Å². The molecule has 0 aliphatic heterocycles. The Balaban J connectivity index is 2.78. The molecule has 1 fully saturated rings. The third-order valence-corrected chi connectivity index (χ3v) is 5.46. The van der Waals surface area contributed by atoms with E-state index in [1.807, 2.05) is 0 Å². The maximum Gasteiger partial charge on any atom is 0.0358 e. The van der Waals surface area contributed by atoms with Gasteiger partial charge in [-0.1, -0.05) is 53.4 Å². The van der Waals surface area contributed by atoms with Gasteiger partial charge in [-0.3, -0.25) is 0 Å². The van der Waals surface area contributed by atoms with Crippen LogP contribution in [0, 0.1) is 11.8 Å². The second-order valence-corrected chi connectivity index (χ2v) is 8.03. The van der Waals surface area contributed by atoms with Crippen molar-refractivity contribution in [3.8, 4) is 0 Å². The fourth-order valence-corrected chi connectivity index (χ4v) is 4.21. The van der Waals surface area contributed by atoms with Crippen LogP contribution in [-0.2, 0) is 0 Å². The van der Waals surface area contributed by atoms with E-state index in [9.17, 15) is 0 Å². The Bertz CT molecular complexity index is 275. The van der Waals surface area contributed by atoms with Crippen molar-refractivity contribution in [3.63, 3.8) is 0 Å². The molecule has 0 heterocycles. The molecule has 1 aliphatic carbocycles. The Morgan fingerprint density at radius 1 is 1.24 bits per heavy atom. The topological polar surface area (TPSA) is 15.3 Å². The molecule has 0 amide bonds. The molecular formula is C19H40N2. The van der Waals surface area contributed by atoms with Gasteiger partial charge in [-0.05, 0) is 58.2 Å². The molecule has 3 atom stereocenters. The summed E-state index contributed by atoms with van der Waals surface area (Å²) in [6, 6.07) is 0.661. The van der Waals surface area contributed by atoms with Crippen LogP contribution in [0.4, 0.5) is 0 Å². The maximum atomic E-state index is 3.91. The van der Waals surface area contributed by atoms with Gasteiger partial charge in [-0.15, -0.1) is 0 Å². The predicted molar refractivity (Wildman–Crippen MR) is 94.8 cm³/mol. The van der Waals surface area contributed by atoms with Crippen LogP contribution in [0.2, 0.25) is 0 Å². The molecule has 0 aromatic rings.